The third-order valence-electron chi connectivity index (χ3n) is 3.91. The fourth-order valence-corrected chi connectivity index (χ4v) is 2.75. The van der Waals surface area contributed by atoms with Crippen LogP contribution in [0.15, 0.2) is 52.1 Å². The lowest BCUT2D eigenvalue weighted by Gasteiger charge is -2.22. The van der Waals surface area contributed by atoms with Crippen LogP contribution in [0.25, 0.3) is 0 Å². The lowest BCUT2D eigenvalue weighted by atomic mass is 10.2. The molecule has 0 atom stereocenters. The molecule has 0 fully saturated rings. The molecule has 0 radical (unpaired) electrons. The Morgan fingerprint density at radius 2 is 1.93 bits per heavy atom. The number of carbonyl (C=O) groups is 1. The fourth-order valence-electron chi connectivity index (χ4n) is 2.48. The SMILES string of the molecule is CCNC(=NCCNC(=O)c1ccc(Br)cc1)N(C)Cc1cccn1C.I. The Kier molecular flexibility index (Phi) is 10.5. The molecule has 0 aliphatic carbocycles. The standard InChI is InChI=1S/C19H26BrN5O.HI/c1-4-21-19(25(3)14-17-6-5-13-24(17)2)23-12-11-22-18(26)15-7-9-16(20)10-8-15;/h5-10,13H,4,11-12,14H2,1-3H3,(H,21,23)(H,22,26);1H. The molecule has 8 heteroatoms. The second kappa shape index (κ2) is 12.0. The number of nitrogens with one attached hydrogen (secondary N) is 2. The van der Waals surface area contributed by atoms with E-state index in [0.717, 1.165) is 23.5 Å². The number of benzene rings is 1. The van der Waals surface area contributed by atoms with E-state index in [2.05, 4.69) is 47.1 Å². The molecule has 0 saturated heterocycles. The van der Waals surface area contributed by atoms with Crippen molar-refractivity contribution >= 4 is 51.8 Å². The Balaban J connectivity index is 0.00000364. The highest BCUT2D eigenvalue weighted by molar-refractivity contribution is 14.0. The van der Waals surface area contributed by atoms with Crippen LogP contribution >= 0.6 is 39.9 Å². The van der Waals surface area contributed by atoms with Crippen molar-refractivity contribution in [2.75, 3.05) is 26.7 Å². The Morgan fingerprint density at radius 1 is 1.22 bits per heavy atom. The second-order valence-electron chi connectivity index (χ2n) is 5.96. The summed E-state index contributed by atoms with van der Waals surface area (Å²) in [6.07, 6.45) is 2.03. The van der Waals surface area contributed by atoms with Gasteiger partial charge in [0.25, 0.3) is 5.91 Å². The molecule has 0 bridgehead atoms. The Hall–Kier alpha value is -1.55. The number of hydrogen-bond acceptors (Lipinski definition) is 2. The molecule has 1 amide bonds. The molecule has 0 saturated carbocycles. The van der Waals surface area contributed by atoms with Gasteiger partial charge in [-0.15, -0.1) is 24.0 Å². The van der Waals surface area contributed by atoms with E-state index in [1.54, 1.807) is 12.1 Å². The minimum absolute atomic E-state index is 0. The first-order chi connectivity index (χ1) is 12.5. The van der Waals surface area contributed by atoms with Crippen LogP contribution in [0.1, 0.15) is 23.0 Å². The number of nitrogens with zero attached hydrogens (tertiary/aromatic N) is 3. The largest absolute Gasteiger partial charge is 0.357 e. The quantitative estimate of drug-likeness (QED) is 0.242. The van der Waals surface area contributed by atoms with Crippen LogP contribution in [0.2, 0.25) is 0 Å². The van der Waals surface area contributed by atoms with Crippen molar-refractivity contribution in [2.24, 2.45) is 12.0 Å². The zero-order valence-electron chi connectivity index (χ0n) is 15.9. The van der Waals surface area contributed by atoms with Crippen molar-refractivity contribution in [1.29, 1.82) is 0 Å². The van der Waals surface area contributed by atoms with Crippen LogP contribution in [0, 0.1) is 0 Å². The first kappa shape index (κ1) is 23.5. The molecule has 2 aromatic rings. The predicted molar refractivity (Wildman–Crippen MR) is 125 cm³/mol. The molecule has 148 valence electrons. The Bertz CT molecular complexity index is 745. The van der Waals surface area contributed by atoms with Gasteiger partial charge in [-0.1, -0.05) is 15.9 Å². The summed E-state index contributed by atoms with van der Waals surface area (Å²) < 4.78 is 3.05. The molecule has 0 aliphatic rings. The average molecular weight is 548 g/mol. The summed E-state index contributed by atoms with van der Waals surface area (Å²) in [6, 6.07) is 11.4. The highest BCUT2D eigenvalue weighted by Gasteiger charge is 2.08. The van der Waals surface area contributed by atoms with Crippen molar-refractivity contribution in [2.45, 2.75) is 13.5 Å². The maximum Gasteiger partial charge on any atom is 0.251 e. The molecule has 2 N–H and O–H groups in total. The van der Waals surface area contributed by atoms with Crippen molar-refractivity contribution in [1.82, 2.24) is 20.1 Å². The minimum Gasteiger partial charge on any atom is -0.357 e. The van der Waals surface area contributed by atoms with Gasteiger partial charge < -0.3 is 20.1 Å². The second-order valence-corrected chi connectivity index (χ2v) is 6.88. The molecule has 6 nitrogen and oxygen atoms in total. The number of aryl methyl sites for hydroxylation is 1. The minimum atomic E-state index is -0.0881. The fraction of sp³-hybridized carbons (Fsp3) is 0.368. The zero-order chi connectivity index (χ0) is 18.9. The van der Waals surface area contributed by atoms with Crippen LogP contribution < -0.4 is 10.6 Å². The highest BCUT2D eigenvalue weighted by atomic mass is 127. The molecule has 1 aromatic carbocycles. The van der Waals surface area contributed by atoms with Gasteiger partial charge >= 0.3 is 0 Å². The number of guanidine groups is 1. The van der Waals surface area contributed by atoms with E-state index in [-0.39, 0.29) is 29.9 Å². The van der Waals surface area contributed by atoms with Gasteiger partial charge in [-0.3, -0.25) is 9.79 Å². The molecule has 1 heterocycles. The van der Waals surface area contributed by atoms with Crippen LogP contribution in [0.5, 0.6) is 0 Å². The van der Waals surface area contributed by atoms with Gasteiger partial charge in [0.15, 0.2) is 5.96 Å². The van der Waals surface area contributed by atoms with Gasteiger partial charge in [-0.25, -0.2) is 0 Å². The maximum atomic E-state index is 12.1. The number of amides is 1. The van der Waals surface area contributed by atoms with Gasteiger partial charge in [0.2, 0.25) is 0 Å². The van der Waals surface area contributed by atoms with Gasteiger partial charge in [-0.2, -0.15) is 0 Å². The number of aromatic nitrogens is 1. The predicted octanol–water partition coefficient (Wildman–Crippen LogP) is 3.23. The third-order valence-corrected chi connectivity index (χ3v) is 4.44. The van der Waals surface area contributed by atoms with Gasteiger partial charge in [0, 0.05) is 49.1 Å². The summed E-state index contributed by atoms with van der Waals surface area (Å²) in [5.74, 6) is 0.737. The summed E-state index contributed by atoms with van der Waals surface area (Å²) in [4.78, 5) is 18.8. The van der Waals surface area contributed by atoms with Crippen molar-refractivity contribution in [3.8, 4) is 0 Å². The molecule has 0 unspecified atom stereocenters. The molecule has 0 spiro atoms. The van der Waals surface area contributed by atoms with E-state index in [4.69, 9.17) is 0 Å². The zero-order valence-corrected chi connectivity index (χ0v) is 19.8. The van der Waals surface area contributed by atoms with E-state index in [1.165, 1.54) is 5.69 Å². The summed E-state index contributed by atoms with van der Waals surface area (Å²) in [7, 11) is 4.04. The van der Waals surface area contributed by atoms with Crippen molar-refractivity contribution in [3.05, 3.63) is 58.3 Å². The lowest BCUT2D eigenvalue weighted by molar-refractivity contribution is 0.0955. The van der Waals surface area contributed by atoms with Crippen LogP contribution in [0.4, 0.5) is 0 Å². The van der Waals surface area contributed by atoms with E-state index in [0.29, 0.717) is 18.7 Å². The first-order valence-corrected chi connectivity index (χ1v) is 9.44. The van der Waals surface area contributed by atoms with Gasteiger partial charge in [0.05, 0.1) is 13.1 Å². The topological polar surface area (TPSA) is 61.7 Å². The van der Waals surface area contributed by atoms with E-state index < -0.39 is 0 Å². The van der Waals surface area contributed by atoms with Crippen LogP contribution in [-0.4, -0.2) is 48.0 Å². The molecular formula is C19H27BrIN5O. The van der Waals surface area contributed by atoms with Crippen LogP contribution in [-0.2, 0) is 13.6 Å². The van der Waals surface area contributed by atoms with Gasteiger partial charge in [0.1, 0.15) is 0 Å². The monoisotopic (exact) mass is 547 g/mol. The Morgan fingerprint density at radius 3 is 2.52 bits per heavy atom. The van der Waals surface area contributed by atoms with E-state index in [9.17, 15) is 4.79 Å². The molecule has 1 aromatic heterocycles. The van der Waals surface area contributed by atoms with E-state index >= 15 is 0 Å². The first-order valence-electron chi connectivity index (χ1n) is 8.64. The maximum absolute atomic E-state index is 12.1. The normalized spacial score (nSPS) is 10.9. The number of carbonyl (C=O) groups excluding carboxylic acids is 1. The molecule has 27 heavy (non-hydrogen) atoms. The molecule has 2 rings (SSSR count). The van der Waals surface area contributed by atoms with Crippen LogP contribution in [0.3, 0.4) is 0 Å². The summed E-state index contributed by atoms with van der Waals surface area (Å²) in [6.45, 7) is 4.60. The number of aliphatic imine (C=N–C) groups is 1. The highest BCUT2D eigenvalue weighted by Crippen LogP contribution is 2.10. The number of hydrogen-bond donors (Lipinski definition) is 2. The van der Waals surface area contributed by atoms with Crippen molar-refractivity contribution < 1.29 is 4.79 Å². The van der Waals surface area contributed by atoms with Gasteiger partial charge in [-0.05, 0) is 43.3 Å². The Labute approximate surface area is 186 Å². The van der Waals surface area contributed by atoms with Crippen molar-refractivity contribution in [3.63, 3.8) is 0 Å². The van der Waals surface area contributed by atoms with E-state index in [1.807, 2.05) is 45.4 Å². The average Bonchev–Trinajstić information content (AvgIpc) is 3.02. The molecule has 0 aliphatic heterocycles. The smallest absolute Gasteiger partial charge is 0.251 e. The third kappa shape index (κ3) is 7.53. The lowest BCUT2D eigenvalue weighted by Crippen LogP contribution is -2.39. The number of halogens is 2. The summed E-state index contributed by atoms with van der Waals surface area (Å²) in [5.41, 5.74) is 1.85. The summed E-state index contributed by atoms with van der Waals surface area (Å²) >= 11 is 3.37. The number of rotatable bonds is 7. The molecular weight excluding hydrogens is 521 g/mol. The summed E-state index contributed by atoms with van der Waals surface area (Å²) in [5, 5.41) is 6.19.